The lowest BCUT2D eigenvalue weighted by molar-refractivity contribution is 0.0569. The van der Waals surface area contributed by atoms with Gasteiger partial charge in [0.05, 0.1) is 23.9 Å². The van der Waals surface area contributed by atoms with Gasteiger partial charge in [0.2, 0.25) is 0 Å². The monoisotopic (exact) mass is 396 g/mol. The first kappa shape index (κ1) is 20.0. The van der Waals surface area contributed by atoms with E-state index in [-0.39, 0.29) is 23.0 Å². The quantitative estimate of drug-likeness (QED) is 0.821. The zero-order valence-corrected chi connectivity index (χ0v) is 17.9. The summed E-state index contributed by atoms with van der Waals surface area (Å²) in [4.78, 5) is 15.5. The summed E-state index contributed by atoms with van der Waals surface area (Å²) in [6.07, 6.45) is 4.42. The summed E-state index contributed by atoms with van der Waals surface area (Å²) in [7, 11) is 0. The third-order valence-corrected chi connectivity index (χ3v) is 6.93. The smallest absolute Gasteiger partial charge is 0.259 e. The van der Waals surface area contributed by atoms with Crippen molar-refractivity contribution >= 4 is 11.7 Å². The fraction of sp³-hybridized carbons (Fsp3) is 0.565. The van der Waals surface area contributed by atoms with E-state index in [0.29, 0.717) is 18.5 Å². The normalized spacial score (nSPS) is 24.8. The van der Waals surface area contributed by atoms with E-state index in [1.165, 1.54) is 5.56 Å². The first-order chi connectivity index (χ1) is 13.8. The standard InChI is InChI=1S/C23H32N4O2/c1-5-23(6-2)12-17(28)15-26(23)21(29)18-14-24-27-20(18)25-19(13-22(27,3)4)16-10-8-7-9-11-16/h7-11,14,17,19,25,28H,5-6,12-13,15H2,1-4H3/t17?,19-/m1/s1. The average Bonchev–Trinajstić information content (AvgIpc) is 3.29. The Morgan fingerprint density at radius 1 is 1.21 bits per heavy atom. The Labute approximate surface area is 172 Å². The zero-order chi connectivity index (χ0) is 20.8. The Balaban J connectivity index is 1.71. The second-order valence-electron chi connectivity index (χ2n) is 9.15. The van der Waals surface area contributed by atoms with Crippen LogP contribution in [0, 0.1) is 0 Å². The van der Waals surface area contributed by atoms with Crippen LogP contribution in [-0.2, 0) is 5.54 Å². The van der Waals surface area contributed by atoms with E-state index in [4.69, 9.17) is 0 Å². The van der Waals surface area contributed by atoms with Gasteiger partial charge in [-0.15, -0.1) is 0 Å². The molecule has 0 aliphatic carbocycles. The van der Waals surface area contributed by atoms with Crippen molar-refractivity contribution < 1.29 is 9.90 Å². The van der Waals surface area contributed by atoms with Crippen molar-refractivity contribution in [2.24, 2.45) is 0 Å². The minimum absolute atomic E-state index is 0.0384. The molecule has 0 spiro atoms. The highest BCUT2D eigenvalue weighted by Crippen LogP contribution is 2.42. The third kappa shape index (κ3) is 3.23. The van der Waals surface area contributed by atoms with Crippen LogP contribution in [0.5, 0.6) is 0 Å². The molecule has 0 saturated carbocycles. The van der Waals surface area contributed by atoms with Crippen LogP contribution in [0.25, 0.3) is 0 Å². The molecule has 1 aromatic carbocycles. The van der Waals surface area contributed by atoms with Gasteiger partial charge in [-0.1, -0.05) is 44.2 Å². The van der Waals surface area contributed by atoms with Gasteiger partial charge in [0.1, 0.15) is 11.4 Å². The number of likely N-dealkylation sites (tertiary alicyclic amines) is 1. The molecule has 2 aliphatic heterocycles. The summed E-state index contributed by atoms with van der Waals surface area (Å²) in [5.41, 5.74) is 1.31. The fourth-order valence-electron chi connectivity index (χ4n) is 5.17. The number of carbonyl (C=O) groups excluding carboxylic acids is 1. The summed E-state index contributed by atoms with van der Waals surface area (Å²) in [5.74, 6) is 0.742. The van der Waals surface area contributed by atoms with E-state index < -0.39 is 6.10 Å². The van der Waals surface area contributed by atoms with Gasteiger partial charge in [-0.25, -0.2) is 4.68 Å². The number of hydrogen-bond donors (Lipinski definition) is 2. The van der Waals surface area contributed by atoms with Gasteiger partial charge in [0.25, 0.3) is 5.91 Å². The number of hydrogen-bond acceptors (Lipinski definition) is 4. The van der Waals surface area contributed by atoms with Gasteiger partial charge in [0.15, 0.2) is 0 Å². The summed E-state index contributed by atoms with van der Waals surface area (Å²) in [6.45, 7) is 8.91. The van der Waals surface area contributed by atoms with Crippen LogP contribution in [0.15, 0.2) is 36.5 Å². The second kappa shape index (κ2) is 7.17. The predicted molar refractivity (Wildman–Crippen MR) is 114 cm³/mol. The molecule has 29 heavy (non-hydrogen) atoms. The summed E-state index contributed by atoms with van der Waals surface area (Å²) >= 11 is 0. The van der Waals surface area contributed by atoms with Crippen molar-refractivity contribution in [2.45, 2.75) is 76.6 Å². The van der Waals surface area contributed by atoms with Gasteiger partial charge in [0, 0.05) is 12.1 Å². The van der Waals surface area contributed by atoms with Crippen LogP contribution in [0.2, 0.25) is 0 Å². The van der Waals surface area contributed by atoms with E-state index in [1.807, 2.05) is 27.8 Å². The molecular weight excluding hydrogens is 364 g/mol. The van der Waals surface area contributed by atoms with Crippen molar-refractivity contribution in [2.75, 3.05) is 11.9 Å². The number of amides is 1. The summed E-state index contributed by atoms with van der Waals surface area (Å²) in [6, 6.07) is 10.5. The lowest BCUT2D eigenvalue weighted by Crippen LogP contribution is -2.47. The Bertz CT molecular complexity index is 886. The van der Waals surface area contributed by atoms with Crippen LogP contribution in [-0.4, -0.2) is 43.9 Å². The van der Waals surface area contributed by atoms with Crippen LogP contribution in [0.4, 0.5) is 5.82 Å². The van der Waals surface area contributed by atoms with Crippen molar-refractivity contribution in [3.63, 3.8) is 0 Å². The maximum absolute atomic E-state index is 13.6. The predicted octanol–water partition coefficient (Wildman–Crippen LogP) is 3.94. The van der Waals surface area contributed by atoms with E-state index >= 15 is 0 Å². The molecule has 1 unspecified atom stereocenters. The maximum atomic E-state index is 13.6. The van der Waals surface area contributed by atoms with Gasteiger partial charge in [-0.05, 0) is 45.1 Å². The first-order valence-corrected chi connectivity index (χ1v) is 10.7. The number of nitrogens with zero attached hydrogens (tertiary/aromatic N) is 3. The van der Waals surface area contributed by atoms with Crippen LogP contribution >= 0.6 is 0 Å². The Hall–Kier alpha value is -2.34. The lowest BCUT2D eigenvalue weighted by atomic mass is 9.88. The van der Waals surface area contributed by atoms with E-state index in [0.717, 1.165) is 25.1 Å². The van der Waals surface area contributed by atoms with Crippen molar-refractivity contribution in [3.05, 3.63) is 47.7 Å². The summed E-state index contributed by atoms with van der Waals surface area (Å²) in [5, 5.41) is 18.5. The molecule has 156 valence electrons. The molecule has 0 bridgehead atoms. The van der Waals surface area contributed by atoms with Crippen molar-refractivity contribution in [3.8, 4) is 0 Å². The highest BCUT2D eigenvalue weighted by atomic mass is 16.3. The van der Waals surface area contributed by atoms with E-state index in [9.17, 15) is 9.90 Å². The molecule has 6 heteroatoms. The maximum Gasteiger partial charge on any atom is 0.259 e. The molecule has 2 atom stereocenters. The van der Waals surface area contributed by atoms with Crippen LogP contribution < -0.4 is 5.32 Å². The Kier molecular flexibility index (Phi) is 4.93. The number of aliphatic hydroxyl groups excluding tert-OH is 1. The molecule has 1 fully saturated rings. The Morgan fingerprint density at radius 2 is 1.90 bits per heavy atom. The van der Waals surface area contributed by atoms with E-state index in [1.54, 1.807) is 6.20 Å². The third-order valence-electron chi connectivity index (χ3n) is 6.93. The lowest BCUT2D eigenvalue weighted by Gasteiger charge is -2.39. The van der Waals surface area contributed by atoms with Gasteiger partial charge >= 0.3 is 0 Å². The minimum Gasteiger partial charge on any atom is -0.391 e. The number of benzene rings is 1. The molecule has 1 saturated heterocycles. The molecule has 3 heterocycles. The number of nitrogens with one attached hydrogen (secondary N) is 1. The zero-order valence-electron chi connectivity index (χ0n) is 17.9. The average molecular weight is 397 g/mol. The van der Waals surface area contributed by atoms with Crippen LogP contribution in [0.3, 0.4) is 0 Å². The highest BCUT2D eigenvalue weighted by molar-refractivity contribution is 5.99. The van der Waals surface area contributed by atoms with E-state index in [2.05, 4.69) is 50.2 Å². The topological polar surface area (TPSA) is 70.4 Å². The molecule has 0 radical (unpaired) electrons. The number of aliphatic hydroxyl groups is 1. The molecular formula is C23H32N4O2. The number of anilines is 1. The molecule has 1 aromatic heterocycles. The molecule has 2 N–H and O–H groups in total. The van der Waals surface area contributed by atoms with Crippen LogP contribution in [0.1, 0.15) is 75.3 Å². The van der Waals surface area contributed by atoms with Gasteiger partial charge < -0.3 is 15.3 Å². The second-order valence-corrected chi connectivity index (χ2v) is 9.15. The minimum atomic E-state index is -0.466. The summed E-state index contributed by atoms with van der Waals surface area (Å²) < 4.78 is 1.95. The van der Waals surface area contributed by atoms with Gasteiger partial charge in [-0.3, -0.25) is 4.79 Å². The van der Waals surface area contributed by atoms with Crippen molar-refractivity contribution in [1.29, 1.82) is 0 Å². The number of fused-ring (bicyclic) bond motifs is 1. The SMILES string of the molecule is CCC1(CC)CC(O)CN1C(=O)c1cnn2c1N[C@@H](c1ccccc1)CC2(C)C. The number of aromatic nitrogens is 2. The largest absolute Gasteiger partial charge is 0.391 e. The molecule has 1 amide bonds. The molecule has 2 aromatic rings. The molecule has 4 rings (SSSR count). The molecule has 2 aliphatic rings. The number of β-amino-alcohol motifs (C(OH)–C–C–N with tert-alkyl or cyclic N) is 1. The Morgan fingerprint density at radius 3 is 2.55 bits per heavy atom. The number of rotatable bonds is 4. The first-order valence-electron chi connectivity index (χ1n) is 10.7. The molecule has 6 nitrogen and oxygen atoms in total. The highest BCUT2D eigenvalue weighted by Gasteiger charge is 2.47. The number of carbonyl (C=O) groups is 1. The van der Waals surface area contributed by atoms with Crippen molar-refractivity contribution in [1.82, 2.24) is 14.7 Å². The fourth-order valence-corrected chi connectivity index (χ4v) is 5.17. The van der Waals surface area contributed by atoms with Gasteiger partial charge in [-0.2, -0.15) is 5.10 Å².